The molecule has 0 saturated heterocycles. The Hall–Kier alpha value is -1.92. The first-order valence-corrected chi connectivity index (χ1v) is 8.62. The van der Waals surface area contributed by atoms with Gasteiger partial charge in [-0.25, -0.2) is 0 Å². The molecule has 0 aliphatic carbocycles. The van der Waals surface area contributed by atoms with E-state index in [2.05, 4.69) is 15.9 Å². The Morgan fingerprint density at radius 1 is 1.14 bits per heavy atom. The van der Waals surface area contributed by atoms with E-state index >= 15 is 0 Å². The second kappa shape index (κ2) is 6.89. The zero-order chi connectivity index (χ0) is 16.2. The average Bonchev–Trinajstić information content (AvgIpc) is 2.48. The van der Waals surface area contributed by atoms with Gasteiger partial charge in [-0.15, -0.1) is 0 Å². The summed E-state index contributed by atoms with van der Waals surface area (Å²) in [5, 5.41) is 0.967. The van der Waals surface area contributed by atoms with Crippen molar-refractivity contribution >= 4 is 37.9 Å². The van der Waals surface area contributed by atoms with Gasteiger partial charge in [-0.3, -0.25) is 4.79 Å². The van der Waals surface area contributed by atoms with Crippen molar-refractivity contribution in [2.45, 2.75) is 6.92 Å². The Labute approximate surface area is 137 Å². The highest BCUT2D eigenvalue weighted by atomic mass is 79.9. The second-order valence-electron chi connectivity index (χ2n) is 4.49. The molecule has 0 N–H and O–H groups in total. The first-order valence-electron chi connectivity index (χ1n) is 6.35. The van der Waals surface area contributed by atoms with E-state index in [1.54, 1.807) is 30.3 Å². The van der Waals surface area contributed by atoms with Crippen LogP contribution < -0.4 is 4.18 Å². The van der Waals surface area contributed by atoms with Crippen molar-refractivity contribution in [3.05, 3.63) is 69.5 Å². The number of hydrogen-bond donors (Lipinski definition) is 0. The van der Waals surface area contributed by atoms with E-state index in [1.807, 2.05) is 6.07 Å². The average molecular weight is 381 g/mol. The molecule has 6 heteroatoms. The summed E-state index contributed by atoms with van der Waals surface area (Å²) in [5.41, 5.74) is 0.934. The lowest BCUT2D eigenvalue weighted by atomic mass is 10.1. The van der Waals surface area contributed by atoms with Crippen molar-refractivity contribution in [1.82, 2.24) is 0 Å². The molecule has 2 rings (SSSR count). The van der Waals surface area contributed by atoms with Crippen molar-refractivity contribution in [1.29, 1.82) is 0 Å². The zero-order valence-electron chi connectivity index (χ0n) is 11.7. The molecule has 0 fully saturated rings. The smallest absolute Gasteiger partial charge is 0.332 e. The lowest BCUT2D eigenvalue weighted by molar-refractivity contribution is 0.101. The summed E-state index contributed by atoms with van der Waals surface area (Å²) in [7, 11) is -3.95. The summed E-state index contributed by atoms with van der Waals surface area (Å²) in [5.74, 6) is -0.271. The van der Waals surface area contributed by atoms with Crippen LogP contribution >= 0.6 is 15.9 Å². The lowest BCUT2D eigenvalue weighted by Crippen LogP contribution is -2.08. The highest BCUT2D eigenvalue weighted by molar-refractivity contribution is 9.10. The van der Waals surface area contributed by atoms with E-state index in [9.17, 15) is 13.2 Å². The summed E-state index contributed by atoms with van der Waals surface area (Å²) in [6, 6.07) is 13.6. The minimum Gasteiger partial charge on any atom is -0.379 e. The maximum Gasteiger partial charge on any atom is 0.332 e. The lowest BCUT2D eigenvalue weighted by Gasteiger charge is -2.08. The Morgan fingerprint density at radius 2 is 1.82 bits per heavy atom. The molecule has 0 aliphatic heterocycles. The number of carbonyl (C=O) groups excluding carboxylic acids is 1. The quantitative estimate of drug-likeness (QED) is 0.580. The van der Waals surface area contributed by atoms with Crippen LogP contribution in [0.15, 0.2) is 58.4 Å². The van der Waals surface area contributed by atoms with Crippen LogP contribution in [-0.4, -0.2) is 14.2 Å². The standard InChI is InChI=1S/C16H13BrO4S/c1-12(18)15-11-14(17)7-8-16(15)21-22(19,20)10-9-13-5-3-2-4-6-13/h2-11H,1H3/b10-9+. The van der Waals surface area contributed by atoms with Crippen LogP contribution in [-0.2, 0) is 10.1 Å². The van der Waals surface area contributed by atoms with Gasteiger partial charge in [0.05, 0.1) is 11.0 Å². The van der Waals surface area contributed by atoms with Crippen LogP contribution in [0.4, 0.5) is 0 Å². The van der Waals surface area contributed by atoms with Gasteiger partial charge in [0.1, 0.15) is 0 Å². The highest BCUT2D eigenvalue weighted by Gasteiger charge is 2.15. The number of rotatable bonds is 5. The zero-order valence-corrected chi connectivity index (χ0v) is 14.1. The fraction of sp³-hybridized carbons (Fsp3) is 0.0625. The summed E-state index contributed by atoms with van der Waals surface area (Å²) in [6.07, 6.45) is 1.43. The Balaban J connectivity index is 2.26. The number of ketones is 1. The van der Waals surface area contributed by atoms with E-state index < -0.39 is 10.1 Å². The van der Waals surface area contributed by atoms with Gasteiger partial charge in [0, 0.05) is 4.47 Å². The molecular weight excluding hydrogens is 368 g/mol. The molecule has 0 aromatic heterocycles. The van der Waals surface area contributed by atoms with E-state index in [-0.39, 0.29) is 17.1 Å². The summed E-state index contributed by atoms with van der Waals surface area (Å²) < 4.78 is 29.7. The SMILES string of the molecule is CC(=O)c1cc(Br)ccc1OS(=O)(=O)/C=C/c1ccccc1. The van der Waals surface area contributed by atoms with Crippen molar-refractivity contribution < 1.29 is 17.4 Å². The Kier molecular flexibility index (Phi) is 5.15. The molecule has 4 nitrogen and oxygen atoms in total. The molecule has 0 saturated carbocycles. The third kappa shape index (κ3) is 4.54. The number of halogens is 1. The van der Waals surface area contributed by atoms with Gasteiger partial charge in [-0.2, -0.15) is 8.42 Å². The van der Waals surface area contributed by atoms with Crippen LogP contribution in [0.5, 0.6) is 5.75 Å². The Bertz CT molecular complexity index is 811. The minimum absolute atomic E-state index is 0.00779. The molecular formula is C16H13BrO4S. The normalized spacial score (nSPS) is 11.5. The maximum absolute atomic E-state index is 12.0. The van der Waals surface area contributed by atoms with Crippen molar-refractivity contribution in [2.24, 2.45) is 0 Å². The van der Waals surface area contributed by atoms with E-state index in [0.29, 0.717) is 4.47 Å². The number of benzene rings is 2. The number of Topliss-reactive ketones (excluding diaryl/α,β-unsaturated/α-hetero) is 1. The molecule has 0 heterocycles. The van der Waals surface area contributed by atoms with Gasteiger partial charge in [-0.05, 0) is 36.8 Å². The molecule has 0 amide bonds. The molecule has 114 valence electrons. The monoisotopic (exact) mass is 380 g/mol. The topological polar surface area (TPSA) is 60.4 Å². The molecule has 0 bridgehead atoms. The molecule has 2 aromatic carbocycles. The first-order chi connectivity index (χ1) is 10.4. The predicted octanol–water partition coefficient (Wildman–Crippen LogP) is 4.03. The fourth-order valence-corrected chi connectivity index (χ4v) is 2.87. The molecule has 0 aliphatic rings. The van der Waals surface area contributed by atoms with Gasteiger partial charge in [0.15, 0.2) is 11.5 Å². The Morgan fingerprint density at radius 3 is 2.45 bits per heavy atom. The second-order valence-corrected chi connectivity index (χ2v) is 6.83. The van der Waals surface area contributed by atoms with E-state index in [1.165, 1.54) is 25.1 Å². The number of carbonyl (C=O) groups is 1. The van der Waals surface area contributed by atoms with Crippen molar-refractivity contribution in [3.8, 4) is 5.75 Å². The van der Waals surface area contributed by atoms with Crippen molar-refractivity contribution in [3.63, 3.8) is 0 Å². The summed E-state index contributed by atoms with van der Waals surface area (Å²) in [4.78, 5) is 11.6. The third-order valence-electron chi connectivity index (χ3n) is 2.75. The van der Waals surface area contributed by atoms with Gasteiger partial charge in [-0.1, -0.05) is 46.3 Å². The maximum atomic E-state index is 12.0. The minimum atomic E-state index is -3.95. The van der Waals surface area contributed by atoms with E-state index in [0.717, 1.165) is 11.0 Å². The summed E-state index contributed by atoms with van der Waals surface area (Å²) >= 11 is 3.23. The number of hydrogen-bond acceptors (Lipinski definition) is 4. The van der Waals surface area contributed by atoms with Crippen LogP contribution in [0, 0.1) is 0 Å². The van der Waals surface area contributed by atoms with Gasteiger partial charge in [0.25, 0.3) is 0 Å². The van der Waals surface area contributed by atoms with Crippen LogP contribution in [0.1, 0.15) is 22.8 Å². The van der Waals surface area contributed by atoms with Gasteiger partial charge >= 0.3 is 10.1 Å². The van der Waals surface area contributed by atoms with E-state index in [4.69, 9.17) is 4.18 Å². The van der Waals surface area contributed by atoms with Crippen LogP contribution in [0.2, 0.25) is 0 Å². The predicted molar refractivity (Wildman–Crippen MR) is 89.2 cm³/mol. The molecule has 0 unspecified atom stereocenters. The van der Waals surface area contributed by atoms with Crippen LogP contribution in [0.3, 0.4) is 0 Å². The summed E-state index contributed by atoms with van der Waals surface area (Å²) in [6.45, 7) is 1.35. The largest absolute Gasteiger partial charge is 0.379 e. The molecule has 0 radical (unpaired) electrons. The van der Waals surface area contributed by atoms with Gasteiger partial charge < -0.3 is 4.18 Å². The highest BCUT2D eigenvalue weighted by Crippen LogP contribution is 2.25. The van der Waals surface area contributed by atoms with Crippen molar-refractivity contribution in [2.75, 3.05) is 0 Å². The molecule has 0 atom stereocenters. The van der Waals surface area contributed by atoms with Crippen LogP contribution in [0.25, 0.3) is 6.08 Å². The molecule has 2 aromatic rings. The van der Waals surface area contributed by atoms with Gasteiger partial charge in [0.2, 0.25) is 0 Å². The third-order valence-corrected chi connectivity index (χ3v) is 4.13. The molecule has 22 heavy (non-hydrogen) atoms. The molecule has 0 spiro atoms. The fourth-order valence-electron chi connectivity index (χ4n) is 1.73. The first kappa shape index (κ1) is 16.5.